The molecular weight excluding hydrogens is 386 g/mol. The second-order valence-corrected chi connectivity index (χ2v) is 9.23. The highest BCUT2D eigenvalue weighted by Crippen LogP contribution is 2.56. The Bertz CT molecular complexity index is 880. The molecule has 0 atom stereocenters. The van der Waals surface area contributed by atoms with Crippen molar-refractivity contribution in [1.29, 1.82) is 0 Å². The molecule has 0 spiro atoms. The van der Waals surface area contributed by atoms with E-state index in [2.05, 4.69) is 47.0 Å². The molecule has 4 bridgehead atoms. The largest absolute Gasteiger partial charge is 0.497 e. The Balaban J connectivity index is 0.00000205. The van der Waals surface area contributed by atoms with Crippen molar-refractivity contribution in [2.24, 2.45) is 10.8 Å². The lowest BCUT2D eigenvalue weighted by Crippen LogP contribution is -2.76. The number of aromatic amines is 1. The van der Waals surface area contributed by atoms with Crippen molar-refractivity contribution in [3.05, 3.63) is 30.0 Å². The van der Waals surface area contributed by atoms with E-state index in [0.29, 0.717) is 5.78 Å². The Morgan fingerprint density at radius 1 is 1.07 bits per heavy atom. The number of piperidine rings is 2. The smallest absolute Gasteiger partial charge is 0.150 e. The van der Waals surface area contributed by atoms with E-state index in [0.717, 1.165) is 63.1 Å². The molecule has 158 valence electrons. The van der Waals surface area contributed by atoms with Gasteiger partial charge in [-0.25, -0.2) is 0 Å². The summed E-state index contributed by atoms with van der Waals surface area (Å²) in [7, 11) is 1.72. The van der Waals surface area contributed by atoms with Crippen LogP contribution in [0.3, 0.4) is 0 Å². The number of methoxy groups -OCH3 is 1. The maximum atomic E-state index is 13.6. The van der Waals surface area contributed by atoms with E-state index in [-0.39, 0.29) is 29.4 Å². The van der Waals surface area contributed by atoms with Crippen molar-refractivity contribution in [3.63, 3.8) is 0 Å². The third-order valence-electron chi connectivity index (χ3n) is 7.33. The van der Waals surface area contributed by atoms with Crippen LogP contribution in [0.2, 0.25) is 0 Å². The van der Waals surface area contributed by atoms with E-state index in [1.165, 1.54) is 10.9 Å². The fourth-order valence-electron chi connectivity index (χ4n) is 6.55. The second-order valence-electron chi connectivity index (χ2n) is 9.23. The van der Waals surface area contributed by atoms with Crippen LogP contribution in [0, 0.1) is 10.8 Å². The highest BCUT2D eigenvalue weighted by Gasteiger charge is 2.64. The monoisotopic (exact) mass is 417 g/mol. The number of ether oxygens (including phenoxy) is 1. The average Bonchev–Trinajstić information content (AvgIpc) is 3.08. The summed E-state index contributed by atoms with van der Waals surface area (Å²) in [6.45, 7) is 8.05. The summed E-state index contributed by atoms with van der Waals surface area (Å²) < 4.78 is 5.48. The quantitative estimate of drug-likeness (QED) is 0.757. The topological polar surface area (TPSA) is 48.6 Å². The van der Waals surface area contributed by atoms with Gasteiger partial charge in [0.05, 0.1) is 24.1 Å². The average molecular weight is 418 g/mol. The van der Waals surface area contributed by atoms with Gasteiger partial charge in [0.15, 0.2) is 0 Å². The van der Waals surface area contributed by atoms with Crippen LogP contribution < -0.4 is 4.74 Å². The number of halogens is 1. The van der Waals surface area contributed by atoms with Crippen LogP contribution in [-0.2, 0) is 4.79 Å². The number of H-pyrrole nitrogens is 1. The van der Waals surface area contributed by atoms with Gasteiger partial charge < -0.3 is 9.72 Å². The number of Topliss-reactive ketones (excluding diaryl/α,β-unsaturated/α-hetero) is 1. The van der Waals surface area contributed by atoms with Crippen molar-refractivity contribution < 1.29 is 9.53 Å². The summed E-state index contributed by atoms with van der Waals surface area (Å²) in [4.78, 5) is 22.3. The predicted molar refractivity (Wildman–Crippen MR) is 118 cm³/mol. The molecule has 2 aromatic rings. The summed E-state index contributed by atoms with van der Waals surface area (Å²) in [6, 6.07) is 6.24. The van der Waals surface area contributed by atoms with E-state index in [1.54, 1.807) is 7.11 Å². The Morgan fingerprint density at radius 2 is 1.66 bits per heavy atom. The number of benzene rings is 1. The van der Waals surface area contributed by atoms with E-state index >= 15 is 0 Å². The molecule has 0 radical (unpaired) electrons. The zero-order chi connectivity index (χ0) is 19.5. The predicted octanol–water partition coefficient (Wildman–Crippen LogP) is 4.38. The summed E-state index contributed by atoms with van der Waals surface area (Å²) >= 11 is 0. The summed E-state index contributed by atoms with van der Waals surface area (Å²) in [5.41, 5.74) is 2.13. The molecule has 6 rings (SSSR count). The molecule has 0 unspecified atom stereocenters. The van der Waals surface area contributed by atoms with E-state index < -0.39 is 0 Å². The summed E-state index contributed by atoms with van der Waals surface area (Å²) in [5.74, 6) is 1.46. The lowest BCUT2D eigenvalue weighted by Gasteiger charge is -2.66. The first kappa shape index (κ1) is 20.7. The Morgan fingerprint density at radius 3 is 2.17 bits per heavy atom. The molecule has 1 N–H and O–H groups in total. The third-order valence-corrected chi connectivity index (χ3v) is 7.33. The number of hydrogen-bond donors (Lipinski definition) is 1. The van der Waals surface area contributed by atoms with Crippen LogP contribution in [0.15, 0.2) is 24.4 Å². The number of rotatable bonds is 6. The number of carbonyl (C=O) groups excluding carboxylic acids is 1. The van der Waals surface area contributed by atoms with Crippen LogP contribution in [-0.4, -0.2) is 53.9 Å². The molecule has 0 amide bonds. The molecule has 4 aliphatic rings. The van der Waals surface area contributed by atoms with Gasteiger partial charge in [0.2, 0.25) is 0 Å². The van der Waals surface area contributed by atoms with Crippen LogP contribution in [0.25, 0.3) is 10.9 Å². The molecule has 6 heteroatoms. The van der Waals surface area contributed by atoms with Gasteiger partial charge in [-0.05, 0) is 31.0 Å². The number of ketones is 1. The maximum absolute atomic E-state index is 13.6. The minimum atomic E-state index is -0.166. The molecule has 29 heavy (non-hydrogen) atoms. The lowest BCUT2D eigenvalue weighted by atomic mass is 9.57. The first-order chi connectivity index (χ1) is 13.6. The Hall–Kier alpha value is -1.56. The second kappa shape index (κ2) is 7.29. The minimum absolute atomic E-state index is 0. The Labute approximate surface area is 179 Å². The van der Waals surface area contributed by atoms with Crippen molar-refractivity contribution >= 4 is 29.1 Å². The minimum Gasteiger partial charge on any atom is -0.497 e. The van der Waals surface area contributed by atoms with Crippen LogP contribution in [0.4, 0.5) is 0 Å². The molecule has 0 aliphatic carbocycles. The molecule has 1 aromatic carbocycles. The standard InChI is InChI=1S/C23H31N3O2.ClH/c1-4-8-22-12-25-14-23(9-5-2,21(22)27)15-26(13-22)20(25)18-11-24-19-7-6-16(28-3)10-17(18)19;/h6-7,10-11,20,24H,4-5,8-9,12-15H2,1-3H3;1H. The summed E-state index contributed by atoms with van der Waals surface area (Å²) in [6.07, 6.45) is 6.59. The fourth-order valence-corrected chi connectivity index (χ4v) is 6.55. The van der Waals surface area contributed by atoms with Crippen molar-refractivity contribution in [2.45, 2.75) is 45.7 Å². The van der Waals surface area contributed by atoms with Gasteiger partial charge in [0.1, 0.15) is 11.5 Å². The zero-order valence-corrected chi connectivity index (χ0v) is 18.5. The normalized spacial score (nSPS) is 35.1. The van der Waals surface area contributed by atoms with Crippen LogP contribution >= 0.6 is 12.4 Å². The number of fused-ring (bicyclic) bond motifs is 1. The molecule has 4 fully saturated rings. The fraction of sp³-hybridized carbons (Fsp3) is 0.609. The molecular formula is C23H32ClN3O2. The van der Waals surface area contributed by atoms with Gasteiger partial charge >= 0.3 is 0 Å². The van der Waals surface area contributed by atoms with E-state index in [9.17, 15) is 4.79 Å². The number of hydrogen-bond acceptors (Lipinski definition) is 4. The van der Waals surface area contributed by atoms with Gasteiger partial charge in [-0.15, -0.1) is 12.4 Å². The molecule has 0 saturated carbocycles. The highest BCUT2D eigenvalue weighted by atomic mass is 35.5. The molecule has 5 heterocycles. The van der Waals surface area contributed by atoms with Gasteiger partial charge in [0.25, 0.3) is 0 Å². The Kier molecular flexibility index (Phi) is 5.21. The van der Waals surface area contributed by atoms with Gasteiger partial charge in [-0.3, -0.25) is 14.6 Å². The maximum Gasteiger partial charge on any atom is 0.150 e. The first-order valence-corrected chi connectivity index (χ1v) is 10.7. The molecule has 5 nitrogen and oxygen atoms in total. The van der Waals surface area contributed by atoms with E-state index in [4.69, 9.17) is 4.74 Å². The van der Waals surface area contributed by atoms with E-state index in [1.807, 2.05) is 6.07 Å². The third kappa shape index (κ3) is 2.85. The zero-order valence-electron chi connectivity index (χ0n) is 17.7. The highest BCUT2D eigenvalue weighted by molar-refractivity contribution is 5.94. The number of aromatic nitrogens is 1. The van der Waals surface area contributed by atoms with Crippen molar-refractivity contribution in [3.8, 4) is 5.75 Å². The SMILES string of the molecule is CCCC12CN3CC(CCC)(CN(C1)C3c1c[nH]c3ccc(OC)cc13)C2=O.Cl. The first-order valence-electron chi connectivity index (χ1n) is 10.7. The van der Waals surface area contributed by atoms with Crippen LogP contribution in [0.5, 0.6) is 5.75 Å². The van der Waals surface area contributed by atoms with Crippen molar-refractivity contribution in [1.82, 2.24) is 14.8 Å². The lowest BCUT2D eigenvalue weighted by molar-refractivity contribution is -0.205. The molecule has 4 saturated heterocycles. The molecule has 1 aromatic heterocycles. The summed E-state index contributed by atoms with van der Waals surface area (Å²) in [5, 5.41) is 1.23. The van der Waals surface area contributed by atoms with Gasteiger partial charge in [-0.2, -0.15) is 0 Å². The number of carbonyl (C=O) groups is 1. The number of nitrogens with zero attached hydrogens (tertiary/aromatic N) is 2. The number of nitrogens with one attached hydrogen (secondary N) is 1. The van der Waals surface area contributed by atoms with Crippen molar-refractivity contribution in [2.75, 3.05) is 33.3 Å². The van der Waals surface area contributed by atoms with Gasteiger partial charge in [-0.1, -0.05) is 26.7 Å². The van der Waals surface area contributed by atoms with Crippen LogP contribution in [0.1, 0.15) is 51.3 Å². The van der Waals surface area contributed by atoms with Gasteiger partial charge in [0, 0.05) is 48.8 Å². The molecule has 4 aliphatic heterocycles.